The summed E-state index contributed by atoms with van der Waals surface area (Å²) in [4.78, 5) is 20.7. The number of aromatic nitrogens is 2. The van der Waals surface area contributed by atoms with Crippen molar-refractivity contribution < 1.29 is 14.1 Å². The molecule has 4 rings (SSSR count). The Morgan fingerprint density at radius 2 is 1.96 bits per heavy atom. The van der Waals surface area contributed by atoms with E-state index in [0.29, 0.717) is 28.1 Å². The van der Waals surface area contributed by atoms with Crippen molar-refractivity contribution in [2.24, 2.45) is 0 Å². The summed E-state index contributed by atoms with van der Waals surface area (Å²) in [5.41, 5.74) is 2.06. The highest BCUT2D eigenvalue weighted by atomic mass is 32.1. The smallest absolute Gasteiger partial charge is 0.260 e. The number of H-pyrrole nitrogens is 1. The SMILES string of the molecule is C[C@@H]([NH2+]Cc1nc2scc(-c3ccccc3)c2c(=O)[nH]1)c1ccc(F)cc1F. The van der Waals surface area contributed by atoms with E-state index >= 15 is 0 Å². The van der Waals surface area contributed by atoms with Gasteiger partial charge in [0.1, 0.15) is 29.1 Å². The lowest BCUT2D eigenvalue weighted by atomic mass is 10.1. The van der Waals surface area contributed by atoms with E-state index in [1.807, 2.05) is 48.0 Å². The van der Waals surface area contributed by atoms with Gasteiger partial charge in [0.15, 0.2) is 5.82 Å². The van der Waals surface area contributed by atoms with E-state index in [2.05, 4.69) is 9.97 Å². The van der Waals surface area contributed by atoms with Crippen molar-refractivity contribution >= 4 is 21.6 Å². The summed E-state index contributed by atoms with van der Waals surface area (Å²) in [6.07, 6.45) is 0. The molecule has 0 bridgehead atoms. The van der Waals surface area contributed by atoms with Gasteiger partial charge in [0, 0.05) is 22.6 Å². The Balaban J connectivity index is 1.58. The van der Waals surface area contributed by atoms with E-state index in [1.54, 1.807) is 0 Å². The number of nitrogens with one attached hydrogen (secondary N) is 1. The maximum atomic E-state index is 13.9. The molecule has 4 aromatic rings. The van der Waals surface area contributed by atoms with Gasteiger partial charge < -0.3 is 10.3 Å². The molecular formula is C21H18F2N3OS+. The molecule has 0 fully saturated rings. The fourth-order valence-electron chi connectivity index (χ4n) is 3.21. The van der Waals surface area contributed by atoms with Gasteiger partial charge in [-0.05, 0) is 24.6 Å². The summed E-state index contributed by atoms with van der Waals surface area (Å²) in [5, 5.41) is 4.37. The lowest BCUT2D eigenvalue weighted by Gasteiger charge is -2.11. The summed E-state index contributed by atoms with van der Waals surface area (Å²) < 4.78 is 27.0. The molecule has 0 spiro atoms. The summed E-state index contributed by atoms with van der Waals surface area (Å²) in [7, 11) is 0. The van der Waals surface area contributed by atoms with Crippen LogP contribution in [0.4, 0.5) is 8.78 Å². The first-order chi connectivity index (χ1) is 13.5. The van der Waals surface area contributed by atoms with E-state index in [1.165, 1.54) is 23.5 Å². The minimum atomic E-state index is -0.600. The summed E-state index contributed by atoms with van der Waals surface area (Å²) in [6, 6.07) is 13.0. The van der Waals surface area contributed by atoms with Gasteiger partial charge in [-0.15, -0.1) is 11.3 Å². The maximum absolute atomic E-state index is 13.9. The Bertz CT molecular complexity index is 1190. The minimum absolute atomic E-state index is 0.186. The van der Waals surface area contributed by atoms with E-state index in [0.717, 1.165) is 17.2 Å². The molecular weight excluding hydrogens is 380 g/mol. The molecule has 0 unspecified atom stereocenters. The van der Waals surface area contributed by atoms with Crippen LogP contribution in [-0.4, -0.2) is 9.97 Å². The van der Waals surface area contributed by atoms with E-state index in [-0.39, 0.29) is 11.6 Å². The number of hydrogen-bond acceptors (Lipinski definition) is 3. The van der Waals surface area contributed by atoms with Crippen LogP contribution in [0.15, 0.2) is 58.7 Å². The molecule has 0 saturated heterocycles. The van der Waals surface area contributed by atoms with Crippen LogP contribution < -0.4 is 10.9 Å². The van der Waals surface area contributed by atoms with Crippen LogP contribution in [-0.2, 0) is 6.54 Å². The Labute approximate surface area is 163 Å². The van der Waals surface area contributed by atoms with Crippen LogP contribution in [0, 0.1) is 11.6 Å². The quantitative estimate of drug-likeness (QED) is 0.538. The first-order valence-electron chi connectivity index (χ1n) is 8.87. The number of rotatable bonds is 5. The average molecular weight is 398 g/mol. The van der Waals surface area contributed by atoms with Crippen LogP contribution in [0.25, 0.3) is 21.3 Å². The Morgan fingerprint density at radius 3 is 2.71 bits per heavy atom. The monoisotopic (exact) mass is 398 g/mol. The van der Waals surface area contributed by atoms with Crippen molar-refractivity contribution in [1.29, 1.82) is 0 Å². The molecule has 2 heterocycles. The number of halogens is 2. The zero-order valence-electron chi connectivity index (χ0n) is 15.1. The third kappa shape index (κ3) is 3.58. The first-order valence-corrected chi connectivity index (χ1v) is 9.75. The predicted octanol–water partition coefficient (Wildman–Crippen LogP) is 3.75. The number of nitrogens with zero attached hydrogens (tertiary/aromatic N) is 1. The first kappa shape index (κ1) is 18.5. The van der Waals surface area contributed by atoms with Crippen LogP contribution in [0.2, 0.25) is 0 Å². The van der Waals surface area contributed by atoms with Gasteiger partial charge >= 0.3 is 0 Å². The van der Waals surface area contributed by atoms with Crippen LogP contribution in [0.5, 0.6) is 0 Å². The third-order valence-electron chi connectivity index (χ3n) is 4.70. The molecule has 0 aliphatic rings. The minimum Gasteiger partial charge on any atom is -0.334 e. The van der Waals surface area contributed by atoms with Crippen molar-refractivity contribution in [2.75, 3.05) is 0 Å². The highest BCUT2D eigenvalue weighted by Crippen LogP contribution is 2.30. The number of hydrogen-bond donors (Lipinski definition) is 2. The van der Waals surface area contributed by atoms with Gasteiger partial charge in [-0.1, -0.05) is 30.3 Å². The van der Waals surface area contributed by atoms with E-state index in [4.69, 9.17) is 0 Å². The lowest BCUT2D eigenvalue weighted by Crippen LogP contribution is -2.83. The van der Waals surface area contributed by atoms with Crippen LogP contribution >= 0.6 is 11.3 Å². The maximum Gasteiger partial charge on any atom is 0.260 e. The number of fused-ring (bicyclic) bond motifs is 1. The normalized spacial score (nSPS) is 12.4. The fourth-order valence-corrected chi connectivity index (χ4v) is 4.17. The van der Waals surface area contributed by atoms with Gasteiger partial charge in [0.2, 0.25) is 0 Å². The lowest BCUT2D eigenvalue weighted by molar-refractivity contribution is -0.709. The van der Waals surface area contributed by atoms with Gasteiger partial charge in [-0.3, -0.25) is 4.79 Å². The second-order valence-electron chi connectivity index (χ2n) is 6.60. The van der Waals surface area contributed by atoms with Crippen molar-refractivity contribution in [3.63, 3.8) is 0 Å². The van der Waals surface area contributed by atoms with Crippen molar-refractivity contribution in [3.8, 4) is 11.1 Å². The second kappa shape index (κ2) is 7.61. The van der Waals surface area contributed by atoms with Gasteiger partial charge in [-0.2, -0.15) is 0 Å². The summed E-state index contributed by atoms with van der Waals surface area (Å²) in [6.45, 7) is 2.20. The molecule has 2 aromatic carbocycles. The molecule has 0 saturated carbocycles. The third-order valence-corrected chi connectivity index (χ3v) is 5.57. The van der Waals surface area contributed by atoms with Gasteiger partial charge in [-0.25, -0.2) is 13.8 Å². The number of benzene rings is 2. The largest absolute Gasteiger partial charge is 0.334 e. The molecule has 0 amide bonds. The zero-order chi connectivity index (χ0) is 19.7. The molecule has 0 aliphatic carbocycles. The van der Waals surface area contributed by atoms with Crippen molar-refractivity contribution in [2.45, 2.75) is 19.5 Å². The zero-order valence-corrected chi connectivity index (χ0v) is 15.9. The standard InChI is InChI=1S/C21H17F2N3OS/c1-12(15-8-7-14(22)9-17(15)23)24-10-18-25-20(27)19-16(11-28-21(19)26-18)13-5-3-2-4-6-13/h2-9,11-12,24H,10H2,1H3,(H,25,26,27)/p+1/t12-/m1/s1. The second-order valence-corrected chi connectivity index (χ2v) is 7.46. The van der Waals surface area contributed by atoms with Crippen LogP contribution in [0.1, 0.15) is 24.4 Å². The number of aromatic amines is 1. The van der Waals surface area contributed by atoms with Gasteiger partial charge in [0.05, 0.1) is 5.39 Å². The number of nitrogens with two attached hydrogens (primary N) is 1. The number of quaternary nitrogens is 1. The fraction of sp³-hybridized carbons (Fsp3) is 0.143. The Hall–Kier alpha value is -2.90. The molecule has 28 heavy (non-hydrogen) atoms. The summed E-state index contributed by atoms with van der Waals surface area (Å²) >= 11 is 1.43. The molecule has 1 atom stereocenters. The van der Waals surface area contributed by atoms with E-state index in [9.17, 15) is 13.6 Å². The molecule has 4 nitrogen and oxygen atoms in total. The average Bonchev–Trinajstić information content (AvgIpc) is 3.11. The van der Waals surface area contributed by atoms with Crippen molar-refractivity contribution in [1.82, 2.24) is 9.97 Å². The Kier molecular flexibility index (Phi) is 5.02. The van der Waals surface area contributed by atoms with E-state index < -0.39 is 11.6 Å². The topological polar surface area (TPSA) is 62.4 Å². The molecule has 0 radical (unpaired) electrons. The summed E-state index contributed by atoms with van der Waals surface area (Å²) in [5.74, 6) is -0.656. The van der Waals surface area contributed by atoms with Gasteiger partial charge in [0.25, 0.3) is 5.56 Å². The molecule has 142 valence electrons. The van der Waals surface area contributed by atoms with Crippen molar-refractivity contribution in [3.05, 3.63) is 87.3 Å². The highest BCUT2D eigenvalue weighted by molar-refractivity contribution is 7.17. The Morgan fingerprint density at radius 1 is 1.18 bits per heavy atom. The van der Waals surface area contributed by atoms with Crippen LogP contribution in [0.3, 0.4) is 0 Å². The molecule has 2 aromatic heterocycles. The molecule has 3 N–H and O–H groups in total. The molecule has 0 aliphatic heterocycles. The highest BCUT2D eigenvalue weighted by Gasteiger charge is 2.17. The predicted molar refractivity (Wildman–Crippen MR) is 106 cm³/mol. The molecule has 7 heteroatoms. The number of thiophene rings is 1.